The predicted molar refractivity (Wildman–Crippen MR) is 336 cm³/mol. The lowest BCUT2D eigenvalue weighted by molar-refractivity contribution is -0.159. The van der Waals surface area contributed by atoms with Crippen LogP contribution >= 0.6 is 23.4 Å². The molecule has 17 heteroatoms. The third-order valence-electron chi connectivity index (χ3n) is 13.5. The number of ether oxygens (including phenoxy) is 6. The normalized spacial score (nSPS) is 13.5. The van der Waals surface area contributed by atoms with Crippen molar-refractivity contribution in [1.29, 1.82) is 0 Å². The lowest BCUT2D eigenvalue weighted by Gasteiger charge is -2.38. The van der Waals surface area contributed by atoms with E-state index in [4.69, 9.17) is 40.0 Å². The maximum absolute atomic E-state index is 16.1. The molecule has 0 aliphatic rings. The number of halogens is 1. The van der Waals surface area contributed by atoms with Gasteiger partial charge in [-0.05, 0) is 77.6 Å². The highest BCUT2D eigenvalue weighted by molar-refractivity contribution is 8.00. The van der Waals surface area contributed by atoms with E-state index in [1.807, 2.05) is 166 Å². The molecule has 0 bridgehead atoms. The number of nitrogens with one attached hydrogen (secondary N) is 3. The van der Waals surface area contributed by atoms with Crippen molar-refractivity contribution in [3.05, 3.63) is 214 Å². The topological polar surface area (TPSA) is 194 Å². The molecule has 0 aliphatic carbocycles. The summed E-state index contributed by atoms with van der Waals surface area (Å²) >= 11 is 8.61. The predicted octanol–water partition coefficient (Wildman–Crippen LogP) is 11.9. The van der Waals surface area contributed by atoms with Gasteiger partial charge in [-0.15, -0.1) is 11.8 Å². The van der Waals surface area contributed by atoms with Gasteiger partial charge in [0.2, 0.25) is 11.8 Å². The van der Waals surface area contributed by atoms with Gasteiger partial charge >= 0.3 is 18.0 Å². The first-order valence-electron chi connectivity index (χ1n) is 29.1. The quantitative estimate of drug-likeness (QED) is 0.0156. The highest BCUT2D eigenvalue weighted by atomic mass is 35.5. The van der Waals surface area contributed by atoms with Crippen molar-refractivity contribution >= 4 is 59.0 Å². The lowest BCUT2D eigenvalue weighted by atomic mass is 9.79. The molecule has 0 heterocycles. The van der Waals surface area contributed by atoms with Crippen LogP contribution in [0.25, 0.3) is 0 Å². The van der Waals surface area contributed by atoms with Gasteiger partial charge in [0.1, 0.15) is 17.2 Å². The van der Waals surface area contributed by atoms with Gasteiger partial charge in [-0.3, -0.25) is 24.0 Å². The zero-order chi connectivity index (χ0) is 62.2. The minimum Gasteiger partial charge on any atom is -0.460 e. The summed E-state index contributed by atoms with van der Waals surface area (Å²) in [6, 6.07) is 50.4. The summed E-state index contributed by atoms with van der Waals surface area (Å²) in [7, 11) is 0. The summed E-state index contributed by atoms with van der Waals surface area (Å²) in [5, 5.41) is 8.23. The molecule has 3 N–H and O–H groups in total. The van der Waals surface area contributed by atoms with Crippen LogP contribution in [0.4, 0.5) is 4.79 Å². The molecule has 3 amide bonds. The third kappa shape index (κ3) is 20.1. The van der Waals surface area contributed by atoms with Gasteiger partial charge in [0.25, 0.3) is 0 Å². The van der Waals surface area contributed by atoms with Crippen molar-refractivity contribution in [2.24, 2.45) is 5.92 Å². The van der Waals surface area contributed by atoms with E-state index < -0.39 is 94.6 Å². The van der Waals surface area contributed by atoms with Gasteiger partial charge in [0.05, 0.1) is 56.2 Å². The molecule has 0 aromatic heterocycles. The van der Waals surface area contributed by atoms with Crippen molar-refractivity contribution in [2.45, 2.75) is 115 Å². The first-order valence-corrected chi connectivity index (χ1v) is 30.5. The number of benzene rings is 6. The number of esters is 2. The van der Waals surface area contributed by atoms with E-state index in [-0.39, 0.29) is 25.4 Å². The number of Topliss-reactive ketones (excluding diaryl/α,β-unsaturated/α-hetero) is 1. The summed E-state index contributed by atoms with van der Waals surface area (Å²) in [5.41, 5.74) is 1.55. The Hall–Kier alpha value is -7.34. The Morgan fingerprint density at radius 3 is 1.51 bits per heavy atom. The number of thioether (sulfide) groups is 1. The molecule has 0 fully saturated rings. The fraction of sp³-hybridized carbons (Fsp3) is 0.391. The molecule has 458 valence electrons. The average Bonchev–Trinajstić information content (AvgIpc) is 0.906. The van der Waals surface area contributed by atoms with Crippen LogP contribution in [-0.4, -0.2) is 111 Å². The summed E-state index contributed by atoms with van der Waals surface area (Å²) in [4.78, 5) is 87.1. The SMILES string of the molecule is CCCOCCOCCOCCC(=O)NC[C@H](NC(=O)OC(C)(C)C)C(=O)N[C@@H](CC(=O)OC(C)(C)C)C(=O)C[C@@H](CSC(c1ccccc1)(c1ccccc1)c1ccccc1)C(=O)OC(c1ccccc1)(c1ccc(C)cc1)c1ccccc1Cl. The number of alkyl carbamates (subject to hydrolysis) is 1. The second-order valence-electron chi connectivity index (χ2n) is 22.7. The zero-order valence-corrected chi connectivity index (χ0v) is 52.1. The van der Waals surface area contributed by atoms with Crippen LogP contribution in [0.3, 0.4) is 0 Å². The van der Waals surface area contributed by atoms with Crippen LogP contribution in [0.5, 0.6) is 0 Å². The second kappa shape index (κ2) is 33.0. The number of hydrogen-bond donors (Lipinski definition) is 3. The monoisotopic (exact) mass is 1210 g/mol. The summed E-state index contributed by atoms with van der Waals surface area (Å²) in [6.45, 7) is 15.5. The molecule has 0 saturated carbocycles. The number of hydrogen-bond acceptors (Lipinski definition) is 13. The smallest absolute Gasteiger partial charge is 0.408 e. The molecule has 6 rings (SSSR count). The minimum atomic E-state index is -1.69. The molecule has 86 heavy (non-hydrogen) atoms. The fourth-order valence-corrected chi connectivity index (χ4v) is 11.4. The number of amides is 3. The molecule has 0 spiro atoms. The van der Waals surface area contributed by atoms with Crippen molar-refractivity contribution < 1.29 is 57.2 Å². The van der Waals surface area contributed by atoms with Crippen molar-refractivity contribution in [3.8, 4) is 0 Å². The largest absolute Gasteiger partial charge is 0.460 e. The van der Waals surface area contributed by atoms with Crippen molar-refractivity contribution in [3.63, 3.8) is 0 Å². The Kier molecular flexibility index (Phi) is 26.0. The molecule has 6 aromatic rings. The number of ketones is 1. The van der Waals surface area contributed by atoms with Crippen LogP contribution in [-0.2, 0) is 62.7 Å². The van der Waals surface area contributed by atoms with Crippen LogP contribution < -0.4 is 16.0 Å². The molecule has 4 atom stereocenters. The van der Waals surface area contributed by atoms with E-state index >= 15 is 9.59 Å². The number of aryl methyl sites for hydroxylation is 1. The first-order chi connectivity index (χ1) is 41.1. The van der Waals surface area contributed by atoms with E-state index in [1.165, 1.54) is 11.8 Å². The third-order valence-corrected chi connectivity index (χ3v) is 15.6. The summed E-state index contributed by atoms with van der Waals surface area (Å²) in [6.07, 6.45) is -1.43. The minimum absolute atomic E-state index is 0.0330. The number of rotatable bonds is 32. The Morgan fingerprint density at radius 1 is 0.523 bits per heavy atom. The van der Waals surface area contributed by atoms with Gasteiger partial charge in [0, 0.05) is 53.5 Å². The summed E-state index contributed by atoms with van der Waals surface area (Å²) in [5.74, 6) is -5.17. The van der Waals surface area contributed by atoms with E-state index in [9.17, 15) is 19.2 Å². The molecule has 15 nitrogen and oxygen atoms in total. The standard InChI is InChI=1S/C69H82ClN3O12S/c1-9-39-80-41-43-82-44-42-81-40-38-61(75)71-47-59(73-65(79)85-67(6,7)8)63(77)72-58(46-62(76)83-66(3,4)5)60(74)45-50(48-86-69(53-26-16-11-17-27-53,54-28-18-12-19-29-54)55-30-20-13-21-31-55)64(78)84-68(51-24-14-10-15-25-51,52-36-34-49(2)35-37-52)56-32-22-23-33-57(56)70/h10-37,50,58-59H,9,38-48H2,1-8H3,(H,71,75)(H,72,77)(H,73,79)/t50-,58-,59-,68?/m0/s1. The van der Waals surface area contributed by atoms with Gasteiger partial charge in [-0.2, -0.15) is 0 Å². The molecule has 6 aromatic carbocycles. The highest BCUT2D eigenvalue weighted by Gasteiger charge is 2.46. The van der Waals surface area contributed by atoms with Gasteiger partial charge < -0.3 is 44.4 Å². The average molecular weight is 1210 g/mol. The van der Waals surface area contributed by atoms with E-state index in [0.29, 0.717) is 48.1 Å². The van der Waals surface area contributed by atoms with E-state index in [2.05, 4.69) is 16.0 Å². The Morgan fingerprint density at radius 2 is 1.00 bits per heavy atom. The van der Waals surface area contributed by atoms with Gasteiger partial charge in [0.15, 0.2) is 11.4 Å². The van der Waals surface area contributed by atoms with Gasteiger partial charge in [-0.1, -0.05) is 188 Å². The molecular formula is C69H82ClN3O12S. The maximum Gasteiger partial charge on any atom is 0.408 e. The Bertz CT molecular complexity index is 3010. The fourth-order valence-electron chi connectivity index (χ4n) is 9.56. The van der Waals surface area contributed by atoms with Gasteiger partial charge in [-0.25, -0.2) is 4.79 Å². The zero-order valence-electron chi connectivity index (χ0n) is 50.6. The molecule has 0 aliphatic heterocycles. The highest BCUT2D eigenvalue weighted by Crippen LogP contribution is 2.50. The number of carbonyl (C=O) groups is 6. The molecular weight excluding hydrogens is 1130 g/mol. The van der Waals surface area contributed by atoms with Crippen LogP contribution in [0.2, 0.25) is 5.02 Å². The molecule has 1 unspecified atom stereocenters. The van der Waals surface area contributed by atoms with Crippen LogP contribution in [0.1, 0.15) is 113 Å². The van der Waals surface area contributed by atoms with Crippen LogP contribution in [0.15, 0.2) is 170 Å². The Labute approximate surface area is 515 Å². The van der Waals surface area contributed by atoms with Crippen molar-refractivity contribution in [2.75, 3.05) is 51.9 Å². The number of carbonyl (C=O) groups excluding carboxylic acids is 6. The lowest BCUT2D eigenvalue weighted by Crippen LogP contribution is -2.56. The summed E-state index contributed by atoms with van der Waals surface area (Å²) < 4.78 is 33.9. The van der Waals surface area contributed by atoms with E-state index in [1.54, 1.807) is 59.7 Å². The van der Waals surface area contributed by atoms with Crippen molar-refractivity contribution in [1.82, 2.24) is 16.0 Å². The Balaban J connectivity index is 1.41. The first kappa shape index (κ1) is 67.8. The van der Waals surface area contributed by atoms with E-state index in [0.717, 1.165) is 28.7 Å². The van der Waals surface area contributed by atoms with Crippen LogP contribution in [0, 0.1) is 12.8 Å². The molecule has 0 radical (unpaired) electrons. The maximum atomic E-state index is 16.1. The molecule has 0 saturated heterocycles. The second-order valence-corrected chi connectivity index (χ2v) is 24.4.